The molecule has 2 atom stereocenters. The van der Waals surface area contributed by atoms with Crippen LogP contribution >= 0.6 is 0 Å². The van der Waals surface area contributed by atoms with Crippen LogP contribution in [0.2, 0.25) is 0 Å². The Hall–Kier alpha value is -1.06. The summed E-state index contributed by atoms with van der Waals surface area (Å²) in [6, 6.07) is 0. The molecule has 4 nitrogen and oxygen atoms in total. The number of carbonyl (C=O) groups is 2. The lowest BCUT2D eigenvalue weighted by atomic mass is 10.0. The molecule has 0 aromatic rings. The third kappa shape index (κ3) is 10.5. The summed E-state index contributed by atoms with van der Waals surface area (Å²) in [5.74, 6) is 0.578. The highest BCUT2D eigenvalue weighted by Gasteiger charge is 2.30. The largest absolute Gasteiger partial charge is 0.466 e. The van der Waals surface area contributed by atoms with Gasteiger partial charge in [-0.3, -0.25) is 9.59 Å². The van der Waals surface area contributed by atoms with Crippen molar-refractivity contribution in [1.29, 1.82) is 0 Å². The van der Waals surface area contributed by atoms with Crippen LogP contribution in [0.3, 0.4) is 0 Å². The second-order valence-electron chi connectivity index (χ2n) is 7.51. The van der Waals surface area contributed by atoms with E-state index in [0.29, 0.717) is 25.5 Å². The van der Waals surface area contributed by atoms with Gasteiger partial charge in [-0.1, -0.05) is 58.3 Å². The van der Waals surface area contributed by atoms with Crippen molar-refractivity contribution in [2.45, 2.75) is 97.3 Å². The van der Waals surface area contributed by atoms with E-state index in [1.165, 1.54) is 44.9 Å². The zero-order valence-corrected chi connectivity index (χ0v) is 16.5. The SMILES string of the molecule is CCCCCCCCCCCC(=O)NCC1CCC(C(=O)OCC)C1. The van der Waals surface area contributed by atoms with Gasteiger partial charge in [0.2, 0.25) is 5.91 Å². The second kappa shape index (κ2) is 14.1. The number of amides is 1. The molecule has 1 saturated carbocycles. The van der Waals surface area contributed by atoms with Crippen LogP contribution in [0, 0.1) is 11.8 Å². The molecule has 1 rings (SSSR count). The molecule has 1 N–H and O–H groups in total. The molecule has 0 radical (unpaired) electrons. The fourth-order valence-electron chi connectivity index (χ4n) is 3.68. The predicted octanol–water partition coefficient (Wildman–Crippen LogP) is 5.00. The van der Waals surface area contributed by atoms with Gasteiger partial charge in [0, 0.05) is 13.0 Å². The molecule has 1 amide bonds. The molecule has 0 bridgehead atoms. The summed E-state index contributed by atoms with van der Waals surface area (Å²) in [4.78, 5) is 23.6. The van der Waals surface area contributed by atoms with Gasteiger partial charge >= 0.3 is 5.97 Å². The Morgan fingerprint density at radius 3 is 2.20 bits per heavy atom. The van der Waals surface area contributed by atoms with E-state index in [1.54, 1.807) is 0 Å². The highest BCUT2D eigenvalue weighted by Crippen LogP contribution is 2.31. The number of nitrogens with one attached hydrogen (secondary N) is 1. The normalized spacial score (nSPS) is 19.8. The molecule has 0 aliphatic heterocycles. The molecule has 4 heteroatoms. The molecule has 1 aliphatic carbocycles. The van der Waals surface area contributed by atoms with Crippen LogP contribution in [-0.2, 0) is 14.3 Å². The first-order chi connectivity index (χ1) is 12.2. The Morgan fingerprint density at radius 2 is 1.56 bits per heavy atom. The lowest BCUT2D eigenvalue weighted by Crippen LogP contribution is -2.28. The van der Waals surface area contributed by atoms with Crippen molar-refractivity contribution in [3.8, 4) is 0 Å². The maximum Gasteiger partial charge on any atom is 0.308 e. The minimum atomic E-state index is -0.0639. The third-order valence-corrected chi connectivity index (χ3v) is 5.26. The van der Waals surface area contributed by atoms with Gasteiger partial charge in [0.1, 0.15) is 0 Å². The van der Waals surface area contributed by atoms with Crippen LogP contribution in [-0.4, -0.2) is 25.0 Å². The average Bonchev–Trinajstić information content (AvgIpc) is 3.08. The number of unbranched alkanes of at least 4 members (excludes halogenated alkanes) is 8. The quantitative estimate of drug-likeness (QED) is 0.353. The standard InChI is InChI=1S/C21H39NO3/c1-3-5-6-7-8-9-10-11-12-13-20(23)22-17-18-14-15-19(16-18)21(24)25-4-2/h18-19H,3-17H2,1-2H3,(H,22,23). The summed E-state index contributed by atoms with van der Waals surface area (Å²) >= 11 is 0. The van der Waals surface area contributed by atoms with E-state index in [-0.39, 0.29) is 17.8 Å². The van der Waals surface area contributed by atoms with Crippen molar-refractivity contribution in [1.82, 2.24) is 5.32 Å². The van der Waals surface area contributed by atoms with Gasteiger partial charge < -0.3 is 10.1 Å². The summed E-state index contributed by atoms with van der Waals surface area (Å²) < 4.78 is 5.09. The van der Waals surface area contributed by atoms with Crippen molar-refractivity contribution >= 4 is 11.9 Å². The highest BCUT2D eigenvalue weighted by molar-refractivity contribution is 5.76. The van der Waals surface area contributed by atoms with Gasteiger partial charge in [0.25, 0.3) is 0 Å². The van der Waals surface area contributed by atoms with Gasteiger partial charge in [0.15, 0.2) is 0 Å². The van der Waals surface area contributed by atoms with Crippen molar-refractivity contribution < 1.29 is 14.3 Å². The van der Waals surface area contributed by atoms with Crippen LogP contribution in [0.4, 0.5) is 0 Å². The van der Waals surface area contributed by atoms with Gasteiger partial charge in [-0.25, -0.2) is 0 Å². The molecule has 0 aromatic carbocycles. The minimum Gasteiger partial charge on any atom is -0.466 e. The highest BCUT2D eigenvalue weighted by atomic mass is 16.5. The van der Waals surface area contributed by atoms with Crippen LogP contribution in [0.5, 0.6) is 0 Å². The Morgan fingerprint density at radius 1 is 0.920 bits per heavy atom. The topological polar surface area (TPSA) is 55.4 Å². The molecule has 1 aliphatic rings. The lowest BCUT2D eigenvalue weighted by Gasteiger charge is -2.12. The number of carbonyl (C=O) groups excluding carboxylic acids is 2. The average molecular weight is 354 g/mol. The third-order valence-electron chi connectivity index (χ3n) is 5.26. The van der Waals surface area contributed by atoms with Crippen molar-refractivity contribution in [2.24, 2.45) is 11.8 Å². The van der Waals surface area contributed by atoms with Gasteiger partial charge in [-0.05, 0) is 38.5 Å². The molecular formula is C21H39NO3. The Labute approximate surface area is 154 Å². The minimum absolute atomic E-state index is 0.0409. The molecule has 25 heavy (non-hydrogen) atoms. The monoisotopic (exact) mass is 353 g/mol. The van der Waals surface area contributed by atoms with Crippen LogP contribution in [0.25, 0.3) is 0 Å². The number of rotatable bonds is 14. The first-order valence-corrected chi connectivity index (χ1v) is 10.6. The Bertz CT molecular complexity index is 370. The molecule has 0 aromatic heterocycles. The first kappa shape index (κ1) is 22.0. The Balaban J connectivity index is 1.95. The molecule has 146 valence electrons. The number of hydrogen-bond donors (Lipinski definition) is 1. The molecule has 0 spiro atoms. The van der Waals surface area contributed by atoms with Crippen LogP contribution in [0.15, 0.2) is 0 Å². The van der Waals surface area contributed by atoms with Crippen molar-refractivity contribution in [2.75, 3.05) is 13.2 Å². The fourth-order valence-corrected chi connectivity index (χ4v) is 3.68. The number of ether oxygens (including phenoxy) is 1. The lowest BCUT2D eigenvalue weighted by molar-refractivity contribution is -0.147. The molecule has 0 heterocycles. The smallest absolute Gasteiger partial charge is 0.308 e. The number of hydrogen-bond acceptors (Lipinski definition) is 3. The molecule has 1 fully saturated rings. The maximum absolute atomic E-state index is 11.9. The van der Waals surface area contributed by atoms with Crippen LogP contribution in [0.1, 0.15) is 97.3 Å². The summed E-state index contributed by atoms with van der Waals surface area (Å²) in [6.45, 7) is 5.26. The zero-order valence-electron chi connectivity index (χ0n) is 16.5. The van der Waals surface area contributed by atoms with E-state index in [0.717, 1.165) is 32.1 Å². The molecular weight excluding hydrogens is 314 g/mol. The predicted molar refractivity (Wildman–Crippen MR) is 102 cm³/mol. The molecule has 0 saturated heterocycles. The first-order valence-electron chi connectivity index (χ1n) is 10.6. The van der Waals surface area contributed by atoms with E-state index < -0.39 is 0 Å². The summed E-state index contributed by atoms with van der Waals surface area (Å²) in [6.07, 6.45) is 14.9. The Kier molecular flexibility index (Phi) is 12.4. The molecule has 2 unspecified atom stereocenters. The van der Waals surface area contributed by atoms with E-state index in [9.17, 15) is 9.59 Å². The van der Waals surface area contributed by atoms with Gasteiger partial charge in [-0.15, -0.1) is 0 Å². The fraction of sp³-hybridized carbons (Fsp3) is 0.905. The van der Waals surface area contributed by atoms with Gasteiger partial charge in [0.05, 0.1) is 12.5 Å². The van der Waals surface area contributed by atoms with E-state index >= 15 is 0 Å². The summed E-state index contributed by atoms with van der Waals surface area (Å²) in [5, 5.41) is 3.05. The van der Waals surface area contributed by atoms with Gasteiger partial charge in [-0.2, -0.15) is 0 Å². The van der Waals surface area contributed by atoms with E-state index in [2.05, 4.69) is 12.2 Å². The van der Waals surface area contributed by atoms with E-state index in [1.807, 2.05) is 6.92 Å². The second-order valence-corrected chi connectivity index (χ2v) is 7.51. The zero-order chi connectivity index (χ0) is 18.3. The summed E-state index contributed by atoms with van der Waals surface area (Å²) in [7, 11) is 0. The summed E-state index contributed by atoms with van der Waals surface area (Å²) in [5.41, 5.74) is 0. The number of esters is 1. The van der Waals surface area contributed by atoms with Crippen molar-refractivity contribution in [3.05, 3.63) is 0 Å². The maximum atomic E-state index is 11.9. The van der Waals surface area contributed by atoms with Crippen LogP contribution < -0.4 is 5.32 Å². The van der Waals surface area contributed by atoms with Crippen molar-refractivity contribution in [3.63, 3.8) is 0 Å². The van der Waals surface area contributed by atoms with E-state index in [4.69, 9.17) is 4.74 Å².